The number of hydrogen-bond acceptors (Lipinski definition) is 2. The van der Waals surface area contributed by atoms with Crippen LogP contribution >= 0.6 is 0 Å². The summed E-state index contributed by atoms with van der Waals surface area (Å²) in [4.78, 5) is 10.6. The minimum absolute atomic E-state index is 0.549. The molecule has 4 nitrogen and oxygen atoms in total. The Kier molecular flexibility index (Phi) is 3.35. The highest BCUT2D eigenvalue weighted by Crippen LogP contribution is 2.29. The molecule has 0 unspecified atom stereocenters. The minimum atomic E-state index is -0.634. The molecule has 0 saturated heterocycles. The second-order valence-electron chi connectivity index (χ2n) is 3.58. The van der Waals surface area contributed by atoms with E-state index in [0.29, 0.717) is 0 Å². The predicted molar refractivity (Wildman–Crippen MR) is 65.1 cm³/mol. The van der Waals surface area contributed by atoms with Crippen LogP contribution in [0.4, 0.5) is 0 Å². The molecule has 0 fully saturated rings. The van der Waals surface area contributed by atoms with Crippen LogP contribution in [0.1, 0.15) is 17.2 Å². The maximum atomic E-state index is 10.6. The fourth-order valence-electron chi connectivity index (χ4n) is 1.69. The van der Waals surface area contributed by atoms with Gasteiger partial charge in [-0.05, 0) is 11.1 Å². The van der Waals surface area contributed by atoms with E-state index in [9.17, 15) is 10.1 Å². The van der Waals surface area contributed by atoms with E-state index in [2.05, 4.69) is 5.43 Å². The maximum Gasteiger partial charge on any atom is -0.0118 e. The van der Waals surface area contributed by atoms with Crippen LogP contribution in [0.15, 0.2) is 60.7 Å². The van der Waals surface area contributed by atoms with Gasteiger partial charge in [0.2, 0.25) is 0 Å². The van der Waals surface area contributed by atoms with Gasteiger partial charge in [0.1, 0.15) is 0 Å². The zero-order valence-electron chi connectivity index (χ0n) is 9.06. The van der Waals surface area contributed by atoms with Gasteiger partial charge < -0.3 is 5.43 Å². The van der Waals surface area contributed by atoms with Gasteiger partial charge in [-0.1, -0.05) is 71.8 Å². The molecule has 0 aliphatic rings. The maximum absolute atomic E-state index is 10.6. The molecular formula is C13H11N2O2-. The van der Waals surface area contributed by atoms with Crippen LogP contribution in [0.25, 0.3) is 5.43 Å². The molecule has 0 radical (unpaired) electrons. The summed E-state index contributed by atoms with van der Waals surface area (Å²) in [6, 6.07) is 17.9. The summed E-state index contributed by atoms with van der Waals surface area (Å²) in [6.45, 7) is 0. The first-order valence-electron chi connectivity index (χ1n) is 5.22. The zero-order valence-corrected chi connectivity index (χ0v) is 9.06. The van der Waals surface area contributed by atoms with Crippen molar-refractivity contribution in [2.45, 2.75) is 6.04 Å². The van der Waals surface area contributed by atoms with Crippen LogP contribution in [0.3, 0.4) is 0 Å². The van der Waals surface area contributed by atoms with E-state index in [1.165, 1.54) is 0 Å². The average molecular weight is 227 g/mol. The highest BCUT2D eigenvalue weighted by Gasteiger charge is 2.08. The molecule has 0 bridgehead atoms. The van der Waals surface area contributed by atoms with Crippen molar-refractivity contribution in [3.63, 3.8) is 0 Å². The molecule has 0 aliphatic carbocycles. The van der Waals surface area contributed by atoms with E-state index in [1.807, 2.05) is 60.7 Å². The summed E-state index contributed by atoms with van der Waals surface area (Å²) in [7, 11) is 0. The van der Waals surface area contributed by atoms with Crippen molar-refractivity contribution in [3.8, 4) is 0 Å². The molecule has 0 aromatic heterocycles. The Morgan fingerprint density at radius 3 is 1.65 bits per heavy atom. The number of nitrogens with zero attached hydrogens (tertiary/aromatic N) is 2. The molecular weight excluding hydrogens is 216 g/mol. The third-order valence-corrected chi connectivity index (χ3v) is 2.44. The van der Waals surface area contributed by atoms with E-state index in [4.69, 9.17) is 0 Å². The van der Waals surface area contributed by atoms with Crippen LogP contribution in [0, 0.1) is 10.1 Å². The summed E-state index contributed by atoms with van der Waals surface area (Å²) in [5, 5.41) is 9.96. The van der Waals surface area contributed by atoms with Gasteiger partial charge in [-0.2, -0.15) is 0 Å². The summed E-state index contributed by atoms with van der Waals surface area (Å²) in [5.74, 6) is 0. The van der Waals surface area contributed by atoms with Gasteiger partial charge in [0.15, 0.2) is 0 Å². The Morgan fingerprint density at radius 2 is 1.29 bits per heavy atom. The van der Waals surface area contributed by atoms with E-state index < -0.39 is 11.1 Å². The normalized spacial score (nSPS) is 10.2. The van der Waals surface area contributed by atoms with Crippen LogP contribution in [0.5, 0.6) is 0 Å². The van der Waals surface area contributed by atoms with Crippen molar-refractivity contribution in [3.05, 3.63) is 87.3 Å². The van der Waals surface area contributed by atoms with Crippen molar-refractivity contribution in [1.82, 2.24) is 0 Å². The molecule has 86 valence electrons. The largest absolute Gasteiger partial charge is 0.367 e. The lowest BCUT2D eigenvalue weighted by Crippen LogP contribution is -2.04. The molecule has 0 spiro atoms. The molecule has 0 atom stereocenters. The van der Waals surface area contributed by atoms with Crippen molar-refractivity contribution in [2.75, 3.05) is 0 Å². The fourth-order valence-corrected chi connectivity index (χ4v) is 1.69. The van der Waals surface area contributed by atoms with E-state index in [1.54, 1.807) is 0 Å². The summed E-state index contributed by atoms with van der Waals surface area (Å²) >= 11 is 0. The van der Waals surface area contributed by atoms with Crippen LogP contribution < -0.4 is 0 Å². The Balaban J connectivity index is 2.36. The lowest BCUT2D eigenvalue weighted by molar-refractivity contribution is -0.430. The van der Waals surface area contributed by atoms with E-state index in [-0.39, 0.29) is 0 Å². The van der Waals surface area contributed by atoms with Gasteiger partial charge >= 0.3 is 0 Å². The Labute approximate surface area is 99.0 Å². The Morgan fingerprint density at radius 1 is 0.882 bits per heavy atom. The number of nitro groups is 1. The summed E-state index contributed by atoms with van der Waals surface area (Å²) < 4.78 is 0. The Hall–Kier alpha value is -2.36. The van der Waals surface area contributed by atoms with E-state index >= 15 is 0 Å². The highest BCUT2D eigenvalue weighted by molar-refractivity contribution is 5.34. The lowest BCUT2D eigenvalue weighted by atomic mass is 10.00. The molecule has 0 N–H and O–H groups in total. The first-order chi connectivity index (χ1) is 8.27. The standard InChI is InChI=1S/C13H11N2O2/c16-15(17)14-13(11-7-3-1-4-8-11)12-9-5-2-6-10-12/h1-10,13H/q-1. The summed E-state index contributed by atoms with van der Waals surface area (Å²) in [6.07, 6.45) is 0. The van der Waals surface area contributed by atoms with Crippen molar-refractivity contribution < 1.29 is 5.03 Å². The lowest BCUT2D eigenvalue weighted by Gasteiger charge is -2.24. The second-order valence-corrected chi connectivity index (χ2v) is 3.58. The third-order valence-electron chi connectivity index (χ3n) is 2.44. The first-order valence-corrected chi connectivity index (χ1v) is 5.22. The third kappa shape index (κ3) is 2.81. The van der Waals surface area contributed by atoms with Crippen LogP contribution in [0.2, 0.25) is 0 Å². The molecule has 2 aromatic carbocycles. The van der Waals surface area contributed by atoms with Crippen molar-refractivity contribution in [2.24, 2.45) is 0 Å². The molecule has 0 amide bonds. The van der Waals surface area contributed by atoms with Gasteiger partial charge in [-0.25, -0.2) is 0 Å². The molecule has 0 saturated carbocycles. The average Bonchev–Trinajstić information content (AvgIpc) is 2.38. The van der Waals surface area contributed by atoms with Gasteiger partial charge in [0, 0.05) is 0 Å². The fraction of sp³-hybridized carbons (Fsp3) is 0.0769. The smallest absolute Gasteiger partial charge is 0.0118 e. The summed E-state index contributed by atoms with van der Waals surface area (Å²) in [5.41, 5.74) is 5.17. The molecule has 0 heterocycles. The van der Waals surface area contributed by atoms with Gasteiger partial charge in [-0.15, -0.1) is 0 Å². The highest BCUT2D eigenvalue weighted by atomic mass is 16.7. The van der Waals surface area contributed by atoms with Crippen LogP contribution in [-0.4, -0.2) is 5.03 Å². The molecule has 0 aliphatic heterocycles. The number of rotatable bonds is 4. The number of hydrogen-bond donors (Lipinski definition) is 0. The monoisotopic (exact) mass is 227 g/mol. The number of benzene rings is 2. The second kappa shape index (κ2) is 5.12. The quantitative estimate of drug-likeness (QED) is 0.594. The Bertz CT molecular complexity index is 446. The first kappa shape index (κ1) is 11.1. The van der Waals surface area contributed by atoms with Crippen LogP contribution in [-0.2, 0) is 0 Å². The van der Waals surface area contributed by atoms with E-state index in [0.717, 1.165) is 11.1 Å². The van der Waals surface area contributed by atoms with Crippen molar-refractivity contribution >= 4 is 0 Å². The minimum Gasteiger partial charge on any atom is -0.367 e. The molecule has 2 aromatic rings. The zero-order chi connectivity index (χ0) is 12.1. The van der Waals surface area contributed by atoms with Gasteiger partial charge in [-0.3, -0.25) is 10.1 Å². The topological polar surface area (TPSA) is 57.2 Å². The molecule has 17 heavy (non-hydrogen) atoms. The van der Waals surface area contributed by atoms with Gasteiger partial charge in [0.25, 0.3) is 0 Å². The SMILES string of the molecule is O=[N+]([O-])[N-]C(c1ccccc1)c1ccccc1. The molecule has 4 heteroatoms. The predicted octanol–water partition coefficient (Wildman–Crippen LogP) is 3.34. The molecule has 2 rings (SSSR count). The van der Waals surface area contributed by atoms with Crippen molar-refractivity contribution in [1.29, 1.82) is 0 Å². The van der Waals surface area contributed by atoms with Gasteiger partial charge in [0.05, 0.1) is 0 Å².